The molecule has 2 aromatic rings. The van der Waals surface area contributed by atoms with Crippen LogP contribution in [0.15, 0.2) is 70.1 Å². The fourth-order valence-electron chi connectivity index (χ4n) is 3.39. The van der Waals surface area contributed by atoms with Gasteiger partial charge in [0.05, 0.1) is 4.90 Å². The first-order chi connectivity index (χ1) is 14.0. The Kier molecular flexibility index (Phi) is 9.32. The normalized spacial score (nSPS) is 14.8. The summed E-state index contributed by atoms with van der Waals surface area (Å²) >= 11 is 0. The van der Waals surface area contributed by atoms with E-state index in [1.54, 1.807) is 25.2 Å². The number of aliphatic imine (C=N–C) groups is 1. The maximum Gasteiger partial charge on any atom is 0.240 e. The maximum absolute atomic E-state index is 12.0. The Morgan fingerprint density at radius 1 is 1.10 bits per heavy atom. The zero-order valence-corrected chi connectivity index (χ0v) is 20.5. The molecule has 0 spiro atoms. The van der Waals surface area contributed by atoms with Gasteiger partial charge in [0.2, 0.25) is 10.0 Å². The molecule has 162 valence electrons. The van der Waals surface area contributed by atoms with Gasteiger partial charge >= 0.3 is 0 Å². The second kappa shape index (κ2) is 11.5. The summed E-state index contributed by atoms with van der Waals surface area (Å²) in [5.41, 5.74) is 3.59. The number of benzene rings is 2. The molecular weight excluding hydrogens is 511 g/mol. The Morgan fingerprint density at radius 3 is 2.43 bits per heavy atom. The zero-order valence-electron chi connectivity index (χ0n) is 17.3. The van der Waals surface area contributed by atoms with Gasteiger partial charge in [0.25, 0.3) is 0 Å². The molecule has 0 aliphatic carbocycles. The average Bonchev–Trinajstić information content (AvgIpc) is 2.76. The van der Waals surface area contributed by atoms with Gasteiger partial charge in [-0.05, 0) is 43.1 Å². The Hall–Kier alpha value is -1.91. The summed E-state index contributed by atoms with van der Waals surface area (Å²) in [6.45, 7) is 2.34. The van der Waals surface area contributed by atoms with Crippen molar-refractivity contribution in [3.05, 3.63) is 71.3 Å². The van der Waals surface area contributed by atoms with Crippen LogP contribution in [0.3, 0.4) is 0 Å². The quantitative estimate of drug-likeness (QED) is 0.346. The first-order valence-corrected chi connectivity index (χ1v) is 11.2. The Balaban J connectivity index is 0.00000320. The van der Waals surface area contributed by atoms with Crippen LogP contribution in [0.4, 0.5) is 0 Å². The molecule has 6 nitrogen and oxygen atoms in total. The van der Waals surface area contributed by atoms with Crippen molar-refractivity contribution in [1.82, 2.24) is 14.9 Å². The van der Waals surface area contributed by atoms with E-state index < -0.39 is 10.0 Å². The third kappa shape index (κ3) is 6.55. The summed E-state index contributed by atoms with van der Waals surface area (Å²) in [5.74, 6) is 0.839. The fraction of sp³-hybridized carbons (Fsp3) is 0.318. The van der Waals surface area contributed by atoms with Crippen LogP contribution in [0.5, 0.6) is 0 Å². The molecule has 0 amide bonds. The second-order valence-corrected chi connectivity index (χ2v) is 8.84. The van der Waals surface area contributed by atoms with Gasteiger partial charge in [0.1, 0.15) is 0 Å². The highest BCUT2D eigenvalue weighted by Gasteiger charge is 2.17. The molecule has 0 bridgehead atoms. The molecule has 1 heterocycles. The first kappa shape index (κ1) is 24.4. The number of nitrogens with zero attached hydrogens (tertiary/aromatic N) is 2. The number of hydrogen-bond donors (Lipinski definition) is 2. The summed E-state index contributed by atoms with van der Waals surface area (Å²) in [7, 11) is -0.249. The lowest BCUT2D eigenvalue weighted by molar-refractivity contribution is 0.375. The van der Waals surface area contributed by atoms with Crippen LogP contribution in [0, 0.1) is 0 Å². The van der Waals surface area contributed by atoms with E-state index in [0.29, 0.717) is 6.54 Å². The number of likely N-dealkylation sites (tertiary alicyclic amines) is 1. The minimum absolute atomic E-state index is 0. The van der Waals surface area contributed by atoms with E-state index in [1.165, 1.54) is 18.2 Å². The smallest absolute Gasteiger partial charge is 0.240 e. The van der Waals surface area contributed by atoms with Gasteiger partial charge in [-0.25, -0.2) is 13.1 Å². The lowest BCUT2D eigenvalue weighted by Gasteiger charge is -2.31. The molecule has 3 rings (SSSR count). The van der Waals surface area contributed by atoms with E-state index in [0.717, 1.165) is 37.5 Å². The van der Waals surface area contributed by atoms with Gasteiger partial charge in [-0.15, -0.1) is 24.0 Å². The van der Waals surface area contributed by atoms with Crippen molar-refractivity contribution in [1.29, 1.82) is 0 Å². The summed E-state index contributed by atoms with van der Waals surface area (Å²) in [4.78, 5) is 6.92. The number of halogens is 1. The van der Waals surface area contributed by atoms with Crippen molar-refractivity contribution >= 4 is 46.0 Å². The SMILES string of the molecule is CN=C(NCc1cccc(S(=O)(=O)NC)c1)N1CCC(=Cc2ccccc2)CC1.I. The monoisotopic (exact) mass is 540 g/mol. The molecule has 1 aliphatic heterocycles. The molecule has 1 aliphatic rings. The molecule has 1 fully saturated rings. The van der Waals surface area contributed by atoms with Gasteiger partial charge in [-0.3, -0.25) is 4.99 Å². The van der Waals surface area contributed by atoms with Crippen LogP contribution in [0.1, 0.15) is 24.0 Å². The van der Waals surface area contributed by atoms with Gasteiger partial charge in [0, 0.05) is 26.7 Å². The summed E-state index contributed by atoms with van der Waals surface area (Å²) in [6.07, 6.45) is 4.29. The van der Waals surface area contributed by atoms with Crippen LogP contribution in [0.25, 0.3) is 6.08 Å². The summed E-state index contributed by atoms with van der Waals surface area (Å²) < 4.78 is 26.3. The maximum atomic E-state index is 12.0. The van der Waals surface area contributed by atoms with E-state index in [4.69, 9.17) is 0 Å². The molecule has 0 unspecified atom stereocenters. The predicted octanol–water partition coefficient (Wildman–Crippen LogP) is 3.47. The third-order valence-electron chi connectivity index (χ3n) is 5.02. The number of guanidine groups is 1. The number of nitrogens with one attached hydrogen (secondary N) is 2. The van der Waals surface area contributed by atoms with Gasteiger partial charge < -0.3 is 10.2 Å². The highest BCUT2D eigenvalue weighted by molar-refractivity contribution is 14.0. The summed E-state index contributed by atoms with van der Waals surface area (Å²) in [6, 6.07) is 17.3. The van der Waals surface area contributed by atoms with Crippen LogP contribution >= 0.6 is 24.0 Å². The first-order valence-electron chi connectivity index (χ1n) is 9.74. The van der Waals surface area contributed by atoms with Crippen LogP contribution in [-0.2, 0) is 16.6 Å². The Labute approximate surface area is 196 Å². The lowest BCUT2D eigenvalue weighted by atomic mass is 10.0. The molecule has 0 saturated carbocycles. The molecule has 2 aromatic carbocycles. The molecule has 0 aromatic heterocycles. The van der Waals surface area contributed by atoms with Crippen LogP contribution in [-0.4, -0.2) is 46.5 Å². The van der Waals surface area contributed by atoms with Crippen molar-refractivity contribution in [2.45, 2.75) is 24.3 Å². The molecule has 8 heteroatoms. The second-order valence-electron chi connectivity index (χ2n) is 6.96. The van der Waals surface area contributed by atoms with Crippen molar-refractivity contribution < 1.29 is 8.42 Å². The van der Waals surface area contributed by atoms with E-state index in [1.807, 2.05) is 12.1 Å². The fourth-order valence-corrected chi connectivity index (χ4v) is 4.19. The number of rotatable bonds is 5. The van der Waals surface area contributed by atoms with E-state index in [9.17, 15) is 8.42 Å². The predicted molar refractivity (Wildman–Crippen MR) is 134 cm³/mol. The molecule has 0 radical (unpaired) electrons. The number of piperidine rings is 1. The molecule has 0 atom stereocenters. The zero-order chi connectivity index (χ0) is 20.7. The van der Waals surface area contributed by atoms with Crippen molar-refractivity contribution in [2.75, 3.05) is 27.2 Å². The van der Waals surface area contributed by atoms with E-state index in [-0.39, 0.29) is 28.9 Å². The topological polar surface area (TPSA) is 73.8 Å². The standard InChI is InChI=1S/C22H28N4O2S.HI/c1-23-22(25-17-20-9-6-10-21(16-20)29(27,28)24-2)26-13-11-19(12-14-26)15-18-7-4-3-5-8-18;/h3-10,15-16,24H,11-14,17H2,1-2H3,(H,23,25);1H. The van der Waals surface area contributed by atoms with Gasteiger partial charge in [-0.1, -0.05) is 54.1 Å². The highest BCUT2D eigenvalue weighted by atomic mass is 127. The minimum atomic E-state index is -3.44. The highest BCUT2D eigenvalue weighted by Crippen LogP contribution is 2.19. The van der Waals surface area contributed by atoms with Gasteiger partial charge in [-0.2, -0.15) is 0 Å². The minimum Gasteiger partial charge on any atom is -0.352 e. The molecule has 2 N–H and O–H groups in total. The van der Waals surface area contributed by atoms with Crippen molar-refractivity contribution in [2.24, 2.45) is 4.99 Å². The number of hydrogen-bond acceptors (Lipinski definition) is 3. The molecule has 1 saturated heterocycles. The largest absolute Gasteiger partial charge is 0.352 e. The van der Waals surface area contributed by atoms with Gasteiger partial charge in [0.15, 0.2) is 5.96 Å². The number of sulfonamides is 1. The Morgan fingerprint density at radius 2 is 1.80 bits per heavy atom. The van der Waals surface area contributed by atoms with Crippen LogP contribution < -0.4 is 10.0 Å². The third-order valence-corrected chi connectivity index (χ3v) is 6.43. The molecular formula is C22H29IN4O2S. The average molecular weight is 540 g/mol. The Bertz CT molecular complexity index is 981. The van der Waals surface area contributed by atoms with Crippen molar-refractivity contribution in [3.8, 4) is 0 Å². The van der Waals surface area contributed by atoms with Crippen molar-refractivity contribution in [3.63, 3.8) is 0 Å². The lowest BCUT2D eigenvalue weighted by Crippen LogP contribution is -2.44. The van der Waals surface area contributed by atoms with Crippen LogP contribution in [0.2, 0.25) is 0 Å². The van der Waals surface area contributed by atoms with E-state index in [2.05, 4.69) is 50.3 Å². The van der Waals surface area contributed by atoms with E-state index >= 15 is 0 Å². The molecule has 30 heavy (non-hydrogen) atoms. The summed E-state index contributed by atoms with van der Waals surface area (Å²) in [5, 5.41) is 3.36.